The number of aryl methyl sites for hydroxylation is 1. The Morgan fingerprint density at radius 1 is 1.21 bits per heavy atom. The third-order valence-corrected chi connectivity index (χ3v) is 3.48. The van der Waals surface area contributed by atoms with E-state index in [9.17, 15) is 13.6 Å². The Labute approximate surface area is 136 Å². The molecule has 24 heavy (non-hydrogen) atoms. The number of rotatable bonds is 4. The molecule has 3 rings (SSSR count). The van der Waals surface area contributed by atoms with E-state index in [1.54, 1.807) is 32.0 Å². The van der Waals surface area contributed by atoms with Gasteiger partial charge in [-0.15, -0.1) is 0 Å². The van der Waals surface area contributed by atoms with Crippen molar-refractivity contribution in [3.05, 3.63) is 53.9 Å². The normalized spacial score (nSPS) is 12.2. The quantitative estimate of drug-likeness (QED) is 0.762. The van der Waals surface area contributed by atoms with Crippen LogP contribution in [0.5, 0.6) is 0 Å². The first-order valence-corrected chi connectivity index (χ1v) is 7.32. The van der Waals surface area contributed by atoms with Crippen molar-refractivity contribution < 1.29 is 18.0 Å². The fourth-order valence-electron chi connectivity index (χ4n) is 2.30. The van der Waals surface area contributed by atoms with Gasteiger partial charge in [-0.25, -0.2) is 13.8 Å². The van der Waals surface area contributed by atoms with Gasteiger partial charge in [0.05, 0.1) is 0 Å². The molecule has 2 aromatic carbocycles. The average molecular weight is 331 g/mol. The molecule has 0 saturated carbocycles. The fourth-order valence-corrected chi connectivity index (χ4v) is 2.30. The summed E-state index contributed by atoms with van der Waals surface area (Å²) in [5, 5.41) is 5.22. The summed E-state index contributed by atoms with van der Waals surface area (Å²) in [5.74, 6) is -1.66. The first-order chi connectivity index (χ1) is 11.4. The molecule has 0 aliphatic heterocycles. The van der Waals surface area contributed by atoms with E-state index >= 15 is 0 Å². The lowest BCUT2D eigenvalue weighted by Crippen LogP contribution is -2.32. The van der Waals surface area contributed by atoms with Crippen molar-refractivity contribution in [1.29, 1.82) is 0 Å². The molecule has 1 aromatic heterocycles. The molecule has 124 valence electrons. The Morgan fingerprint density at radius 3 is 2.62 bits per heavy atom. The summed E-state index contributed by atoms with van der Waals surface area (Å²) in [6.07, 6.45) is 0. The number of hydrogen-bond donors (Lipinski definition) is 2. The number of anilines is 2. The highest BCUT2D eigenvalue weighted by molar-refractivity contribution is 5.96. The van der Waals surface area contributed by atoms with Gasteiger partial charge in [0, 0.05) is 12.6 Å². The van der Waals surface area contributed by atoms with Gasteiger partial charge in [0.25, 0.3) is 0 Å². The number of carbonyl (C=O) groups is 1. The number of halogens is 2. The van der Waals surface area contributed by atoms with Crippen LogP contribution in [-0.2, 0) is 4.79 Å². The smallest absolute Gasteiger partial charge is 0.246 e. The van der Waals surface area contributed by atoms with Gasteiger partial charge in [0.1, 0.15) is 28.9 Å². The Hall–Kier alpha value is -2.96. The highest BCUT2D eigenvalue weighted by Gasteiger charge is 2.17. The summed E-state index contributed by atoms with van der Waals surface area (Å²) in [7, 11) is 0. The number of amides is 1. The van der Waals surface area contributed by atoms with E-state index in [-0.39, 0.29) is 0 Å². The molecule has 5 nitrogen and oxygen atoms in total. The topological polar surface area (TPSA) is 67.2 Å². The lowest BCUT2D eigenvalue weighted by molar-refractivity contribution is -0.116. The SMILES string of the molecule is Cc1nc2cc(N[C@H](C)C(=O)Nc3c(F)cccc3F)ccc2o1. The van der Waals surface area contributed by atoms with Gasteiger partial charge in [-0.1, -0.05) is 6.07 Å². The number of oxazole rings is 1. The highest BCUT2D eigenvalue weighted by atomic mass is 19.1. The van der Waals surface area contributed by atoms with Crippen LogP contribution in [0.25, 0.3) is 11.1 Å². The van der Waals surface area contributed by atoms with Gasteiger partial charge in [-0.05, 0) is 37.3 Å². The number of aromatic nitrogens is 1. The maximum Gasteiger partial charge on any atom is 0.246 e. The Balaban J connectivity index is 1.73. The van der Waals surface area contributed by atoms with Crippen molar-refractivity contribution in [1.82, 2.24) is 4.98 Å². The molecule has 0 radical (unpaired) electrons. The zero-order valence-corrected chi connectivity index (χ0v) is 13.1. The molecule has 0 aliphatic carbocycles. The largest absolute Gasteiger partial charge is 0.441 e. The van der Waals surface area contributed by atoms with Crippen molar-refractivity contribution in [2.75, 3.05) is 10.6 Å². The summed E-state index contributed by atoms with van der Waals surface area (Å²) in [6.45, 7) is 3.33. The molecule has 0 spiro atoms. The van der Waals surface area contributed by atoms with E-state index in [1.165, 1.54) is 6.07 Å². The van der Waals surface area contributed by atoms with Crippen LogP contribution in [0.3, 0.4) is 0 Å². The minimum Gasteiger partial charge on any atom is -0.441 e. The Bertz CT molecular complexity index is 888. The number of benzene rings is 2. The minimum atomic E-state index is -0.824. The number of hydrogen-bond acceptors (Lipinski definition) is 4. The molecular formula is C17H15F2N3O2. The molecule has 0 bridgehead atoms. The van der Waals surface area contributed by atoms with Crippen molar-refractivity contribution >= 4 is 28.4 Å². The predicted octanol–water partition coefficient (Wildman–Crippen LogP) is 3.85. The van der Waals surface area contributed by atoms with Crippen LogP contribution in [0, 0.1) is 18.6 Å². The monoisotopic (exact) mass is 331 g/mol. The molecule has 0 saturated heterocycles. The standard InChI is InChI=1S/C17H15F2N3O2/c1-9(17(23)22-16-12(18)4-3-5-13(16)19)20-11-6-7-15-14(8-11)21-10(2)24-15/h3-9,20H,1-2H3,(H,22,23)/t9-/m1/s1. The molecule has 3 aromatic rings. The van der Waals surface area contributed by atoms with Crippen LogP contribution in [0.2, 0.25) is 0 Å². The Morgan fingerprint density at radius 2 is 1.92 bits per heavy atom. The molecular weight excluding hydrogens is 316 g/mol. The summed E-state index contributed by atoms with van der Waals surface area (Å²) < 4.78 is 32.5. The van der Waals surface area contributed by atoms with E-state index < -0.39 is 29.3 Å². The number of nitrogens with one attached hydrogen (secondary N) is 2. The number of fused-ring (bicyclic) bond motifs is 1. The molecule has 1 amide bonds. The van der Waals surface area contributed by atoms with Crippen LogP contribution >= 0.6 is 0 Å². The molecule has 1 heterocycles. The van der Waals surface area contributed by atoms with Crippen LogP contribution in [0.4, 0.5) is 20.2 Å². The van der Waals surface area contributed by atoms with Crippen LogP contribution in [0.1, 0.15) is 12.8 Å². The molecule has 7 heteroatoms. The van der Waals surface area contributed by atoms with E-state index in [0.717, 1.165) is 12.1 Å². The second kappa shape index (κ2) is 6.27. The first kappa shape index (κ1) is 15.9. The molecule has 0 aliphatic rings. The van der Waals surface area contributed by atoms with Gasteiger partial charge < -0.3 is 15.1 Å². The zero-order chi connectivity index (χ0) is 17.3. The van der Waals surface area contributed by atoms with Gasteiger partial charge in [0.2, 0.25) is 5.91 Å². The van der Waals surface area contributed by atoms with Crippen molar-refractivity contribution in [3.63, 3.8) is 0 Å². The second-order valence-electron chi connectivity index (χ2n) is 5.37. The summed E-state index contributed by atoms with van der Waals surface area (Å²) >= 11 is 0. The van der Waals surface area contributed by atoms with Crippen molar-refractivity contribution in [2.45, 2.75) is 19.9 Å². The Kier molecular flexibility index (Phi) is 4.16. The number of carbonyl (C=O) groups excluding carboxylic acids is 1. The highest BCUT2D eigenvalue weighted by Crippen LogP contribution is 2.21. The third-order valence-electron chi connectivity index (χ3n) is 3.48. The maximum atomic E-state index is 13.6. The van der Waals surface area contributed by atoms with Gasteiger partial charge in [-0.3, -0.25) is 4.79 Å². The average Bonchev–Trinajstić information content (AvgIpc) is 2.90. The summed E-state index contributed by atoms with van der Waals surface area (Å²) in [5.41, 5.74) is 1.49. The first-order valence-electron chi connectivity index (χ1n) is 7.32. The van der Waals surface area contributed by atoms with E-state index in [0.29, 0.717) is 22.7 Å². The van der Waals surface area contributed by atoms with E-state index in [4.69, 9.17) is 4.42 Å². The predicted molar refractivity (Wildman–Crippen MR) is 86.8 cm³/mol. The minimum absolute atomic E-state index is 0.460. The number of nitrogens with zero attached hydrogens (tertiary/aromatic N) is 1. The molecule has 1 atom stereocenters. The molecule has 0 unspecified atom stereocenters. The summed E-state index contributed by atoms with van der Waals surface area (Å²) in [4.78, 5) is 16.4. The number of para-hydroxylation sites is 1. The second-order valence-corrected chi connectivity index (χ2v) is 5.37. The van der Waals surface area contributed by atoms with E-state index in [1.807, 2.05) is 0 Å². The van der Waals surface area contributed by atoms with Gasteiger partial charge in [-0.2, -0.15) is 0 Å². The third kappa shape index (κ3) is 3.19. The lowest BCUT2D eigenvalue weighted by atomic mass is 10.2. The summed E-state index contributed by atoms with van der Waals surface area (Å²) in [6, 6.07) is 7.89. The van der Waals surface area contributed by atoms with Gasteiger partial charge in [0.15, 0.2) is 11.5 Å². The van der Waals surface area contributed by atoms with Crippen molar-refractivity contribution in [3.8, 4) is 0 Å². The zero-order valence-electron chi connectivity index (χ0n) is 13.1. The van der Waals surface area contributed by atoms with Crippen molar-refractivity contribution in [2.24, 2.45) is 0 Å². The van der Waals surface area contributed by atoms with Gasteiger partial charge >= 0.3 is 0 Å². The van der Waals surface area contributed by atoms with Crippen LogP contribution < -0.4 is 10.6 Å². The maximum absolute atomic E-state index is 13.6. The lowest BCUT2D eigenvalue weighted by Gasteiger charge is -2.15. The van der Waals surface area contributed by atoms with Crippen LogP contribution in [-0.4, -0.2) is 16.9 Å². The molecule has 0 fully saturated rings. The van der Waals surface area contributed by atoms with Crippen LogP contribution in [0.15, 0.2) is 40.8 Å². The molecule has 2 N–H and O–H groups in total. The van der Waals surface area contributed by atoms with E-state index in [2.05, 4.69) is 15.6 Å². The fraction of sp³-hybridized carbons (Fsp3) is 0.176.